The van der Waals surface area contributed by atoms with Gasteiger partial charge < -0.3 is 29.4 Å². The molecule has 3 N–H and O–H groups in total. The molecule has 0 spiro atoms. The molecule has 7 nitrogen and oxygen atoms in total. The number of hydrogen-bond acceptors (Lipinski definition) is 6. The molecule has 0 bridgehead atoms. The maximum Gasteiger partial charge on any atom is 0.333 e. The van der Waals surface area contributed by atoms with Crippen LogP contribution in [0.1, 0.15) is 20.1 Å². The first-order valence-electron chi connectivity index (χ1n) is 8.49. The number of hydrogen-bond donors (Lipinski definition) is 3. The van der Waals surface area contributed by atoms with E-state index in [1.807, 2.05) is 30.3 Å². The largest absolute Gasteiger partial charge is 0.459 e. The number of esters is 1. The highest BCUT2D eigenvalue weighted by molar-refractivity contribution is 5.87. The summed E-state index contributed by atoms with van der Waals surface area (Å²) in [5.41, 5.74) is 1.25. The van der Waals surface area contributed by atoms with E-state index >= 15 is 0 Å². The lowest BCUT2D eigenvalue weighted by atomic mass is 9.98. The van der Waals surface area contributed by atoms with Crippen LogP contribution in [-0.4, -0.2) is 56.9 Å². The van der Waals surface area contributed by atoms with E-state index in [-0.39, 0.29) is 6.61 Å². The molecule has 0 amide bonds. The lowest BCUT2D eigenvalue weighted by Crippen LogP contribution is -2.56. The number of ether oxygens (including phenoxy) is 2. The van der Waals surface area contributed by atoms with E-state index in [0.29, 0.717) is 5.57 Å². The molecule has 140 valence electrons. The van der Waals surface area contributed by atoms with Crippen molar-refractivity contribution in [2.45, 2.75) is 44.5 Å². The van der Waals surface area contributed by atoms with Crippen molar-refractivity contribution in [3.63, 3.8) is 0 Å². The first-order chi connectivity index (χ1) is 12.4. The highest BCUT2D eigenvalue weighted by atomic mass is 16.6. The van der Waals surface area contributed by atoms with Gasteiger partial charge in [0.05, 0.1) is 5.52 Å². The van der Waals surface area contributed by atoms with Crippen LogP contribution >= 0.6 is 0 Å². The van der Waals surface area contributed by atoms with Gasteiger partial charge in [-0.3, -0.25) is 0 Å². The Bertz CT molecular complexity index is 813. The summed E-state index contributed by atoms with van der Waals surface area (Å²) in [6.07, 6.45) is -2.65. The summed E-state index contributed by atoms with van der Waals surface area (Å²) < 4.78 is 12.6. The smallest absolute Gasteiger partial charge is 0.333 e. The second kappa shape index (κ2) is 7.59. The minimum absolute atomic E-state index is 0.231. The minimum Gasteiger partial charge on any atom is -0.459 e. The quantitative estimate of drug-likeness (QED) is 0.557. The Kier molecular flexibility index (Phi) is 5.43. The van der Waals surface area contributed by atoms with Crippen molar-refractivity contribution in [3.8, 4) is 0 Å². The Hall–Kier alpha value is -2.19. The van der Waals surface area contributed by atoms with Crippen LogP contribution in [0.2, 0.25) is 0 Å². The van der Waals surface area contributed by atoms with Gasteiger partial charge in [-0.1, -0.05) is 24.3 Å². The van der Waals surface area contributed by atoms with E-state index in [2.05, 4.69) is 0 Å². The fourth-order valence-corrected chi connectivity index (χ4v) is 3.01. The monoisotopic (exact) mass is 361 g/mol. The third-order valence-electron chi connectivity index (χ3n) is 4.72. The van der Waals surface area contributed by atoms with Crippen LogP contribution in [0.25, 0.3) is 10.9 Å². The van der Waals surface area contributed by atoms with Crippen LogP contribution in [0.3, 0.4) is 0 Å². The number of benzene rings is 1. The molecule has 1 aromatic carbocycles. The minimum atomic E-state index is -1.43. The standard InChI is InChI=1S/C19H23NO6/c1-3-11(2)19(24)25-10-14-15(21)16(22)17(23)18(26-14)20-9-8-12-6-4-5-7-13(12)20/h3-9,14-18,21-23H,10H2,1-2H3/b11-3+/t14-,15-,16+,17-,18-/m1/s1. The van der Waals surface area contributed by atoms with Gasteiger partial charge in [-0.25, -0.2) is 4.79 Å². The Balaban J connectivity index is 1.81. The highest BCUT2D eigenvalue weighted by Gasteiger charge is 2.45. The number of carbonyl (C=O) groups is 1. The maximum atomic E-state index is 11.8. The average Bonchev–Trinajstić information content (AvgIpc) is 3.08. The van der Waals surface area contributed by atoms with Crippen molar-refractivity contribution < 1.29 is 29.6 Å². The second-order valence-electron chi connectivity index (χ2n) is 6.39. The van der Waals surface area contributed by atoms with Crippen molar-refractivity contribution in [2.24, 2.45) is 0 Å². The summed E-state index contributed by atoms with van der Waals surface area (Å²) >= 11 is 0. The van der Waals surface area contributed by atoms with Gasteiger partial charge in [-0.05, 0) is 31.4 Å². The normalized spacial score (nSPS) is 29.7. The second-order valence-corrected chi connectivity index (χ2v) is 6.39. The molecule has 1 saturated heterocycles. The zero-order valence-electron chi connectivity index (χ0n) is 14.6. The van der Waals surface area contributed by atoms with Crippen molar-refractivity contribution in [3.05, 3.63) is 48.2 Å². The van der Waals surface area contributed by atoms with Crippen molar-refractivity contribution in [1.29, 1.82) is 0 Å². The van der Waals surface area contributed by atoms with E-state index in [0.717, 1.165) is 10.9 Å². The lowest BCUT2D eigenvalue weighted by Gasteiger charge is -2.41. The number of carbonyl (C=O) groups excluding carboxylic acids is 1. The van der Waals surface area contributed by atoms with E-state index in [1.54, 1.807) is 30.7 Å². The molecule has 1 fully saturated rings. The molecule has 1 aliphatic heterocycles. The fraction of sp³-hybridized carbons (Fsp3) is 0.421. The van der Waals surface area contributed by atoms with Crippen LogP contribution in [0, 0.1) is 0 Å². The molecule has 0 unspecified atom stereocenters. The van der Waals surface area contributed by atoms with Gasteiger partial charge in [-0.2, -0.15) is 0 Å². The molecule has 3 rings (SSSR count). The van der Waals surface area contributed by atoms with Crippen molar-refractivity contribution in [2.75, 3.05) is 6.61 Å². The molecule has 2 heterocycles. The molecule has 7 heteroatoms. The Morgan fingerprint density at radius 3 is 2.65 bits per heavy atom. The molecule has 0 saturated carbocycles. The number of fused-ring (bicyclic) bond motifs is 1. The molecule has 1 aromatic heterocycles. The van der Waals surface area contributed by atoms with Gasteiger partial charge in [0.1, 0.15) is 31.0 Å². The summed E-state index contributed by atoms with van der Waals surface area (Å²) in [7, 11) is 0. The first kappa shape index (κ1) is 18.6. The number of nitrogens with zero attached hydrogens (tertiary/aromatic N) is 1. The molecule has 2 aromatic rings. The SMILES string of the molecule is C/C=C(\C)C(=O)OC[C@H]1O[C@@H](n2ccc3ccccc32)[C@H](O)[C@@H](O)[C@@H]1O. The summed E-state index contributed by atoms with van der Waals surface area (Å²) in [4.78, 5) is 11.8. The van der Waals surface area contributed by atoms with Crippen molar-refractivity contribution in [1.82, 2.24) is 4.57 Å². The van der Waals surface area contributed by atoms with Gasteiger partial charge in [-0.15, -0.1) is 0 Å². The van der Waals surface area contributed by atoms with Gasteiger partial charge in [0.15, 0.2) is 6.23 Å². The zero-order chi connectivity index (χ0) is 18.8. The van der Waals surface area contributed by atoms with Crippen LogP contribution in [0.4, 0.5) is 0 Å². The van der Waals surface area contributed by atoms with Crippen LogP contribution in [0.5, 0.6) is 0 Å². The number of aromatic nitrogens is 1. The maximum absolute atomic E-state index is 11.8. The zero-order valence-corrected chi connectivity index (χ0v) is 14.6. The molecule has 0 aliphatic carbocycles. The average molecular weight is 361 g/mol. The number of para-hydroxylation sites is 1. The first-order valence-corrected chi connectivity index (χ1v) is 8.49. The van der Waals surface area contributed by atoms with Gasteiger partial charge in [0, 0.05) is 11.8 Å². The molecule has 5 atom stereocenters. The third-order valence-corrected chi connectivity index (χ3v) is 4.72. The summed E-state index contributed by atoms with van der Waals surface area (Å²) in [5, 5.41) is 31.8. The third kappa shape index (κ3) is 3.39. The fourth-order valence-electron chi connectivity index (χ4n) is 3.01. The topological polar surface area (TPSA) is 101 Å². The van der Waals surface area contributed by atoms with Gasteiger partial charge >= 0.3 is 5.97 Å². The molecule has 0 radical (unpaired) electrons. The van der Waals surface area contributed by atoms with Crippen LogP contribution in [-0.2, 0) is 14.3 Å². The molecular weight excluding hydrogens is 338 g/mol. The highest BCUT2D eigenvalue weighted by Crippen LogP contribution is 2.31. The summed E-state index contributed by atoms with van der Waals surface area (Å²) in [6.45, 7) is 3.11. The predicted molar refractivity (Wildman–Crippen MR) is 94.3 cm³/mol. The van der Waals surface area contributed by atoms with E-state index in [1.165, 1.54) is 0 Å². The predicted octanol–water partition coefficient (Wildman–Crippen LogP) is 1.13. The van der Waals surface area contributed by atoms with Gasteiger partial charge in [0.2, 0.25) is 0 Å². The van der Waals surface area contributed by atoms with E-state index in [4.69, 9.17) is 9.47 Å². The van der Waals surface area contributed by atoms with Crippen molar-refractivity contribution >= 4 is 16.9 Å². The Labute approximate surface area is 151 Å². The Morgan fingerprint density at radius 1 is 1.19 bits per heavy atom. The van der Waals surface area contributed by atoms with Crippen LogP contribution in [0.15, 0.2) is 48.2 Å². The number of rotatable bonds is 4. The molecule has 1 aliphatic rings. The van der Waals surface area contributed by atoms with E-state index in [9.17, 15) is 20.1 Å². The molecule has 26 heavy (non-hydrogen) atoms. The lowest BCUT2D eigenvalue weighted by molar-refractivity contribution is -0.251. The number of aliphatic hydroxyl groups excluding tert-OH is 3. The number of allylic oxidation sites excluding steroid dienone is 1. The van der Waals surface area contributed by atoms with Gasteiger partial charge in [0.25, 0.3) is 0 Å². The van der Waals surface area contributed by atoms with Crippen LogP contribution < -0.4 is 0 Å². The summed E-state index contributed by atoms with van der Waals surface area (Å²) in [5.74, 6) is -0.521. The summed E-state index contributed by atoms with van der Waals surface area (Å²) in [6, 6.07) is 9.42. The van der Waals surface area contributed by atoms with E-state index < -0.39 is 36.6 Å². The molecular formula is C19H23NO6. The Morgan fingerprint density at radius 2 is 1.92 bits per heavy atom. The number of aliphatic hydroxyl groups is 3.